The molecule has 1 aromatic rings. The first-order valence-corrected chi connectivity index (χ1v) is 9.58. The Kier molecular flexibility index (Phi) is 7.92. The monoisotopic (exact) mass is 395 g/mol. The predicted octanol–water partition coefficient (Wildman–Crippen LogP) is 2.46. The summed E-state index contributed by atoms with van der Waals surface area (Å²) in [6.07, 6.45) is 5.82. The van der Waals surface area contributed by atoms with Gasteiger partial charge in [0.25, 0.3) is 5.91 Å². The van der Waals surface area contributed by atoms with Crippen LogP contribution < -0.4 is 21.1 Å². The van der Waals surface area contributed by atoms with E-state index in [9.17, 15) is 9.59 Å². The minimum atomic E-state index is -0.0812. The molecule has 0 aromatic heterocycles. The number of rotatable bonds is 8. The zero-order chi connectivity index (χ0) is 18.5. The van der Waals surface area contributed by atoms with Crippen molar-refractivity contribution >= 4 is 24.2 Å². The van der Waals surface area contributed by atoms with Crippen molar-refractivity contribution in [3.63, 3.8) is 0 Å². The SMILES string of the molecule is CC(NC(=O)C[C@@H]1CCC[C@H]1N)c1ccc(OCC(=O)NC2CC2)cc1.Cl. The van der Waals surface area contributed by atoms with Crippen LogP contribution in [0.3, 0.4) is 0 Å². The van der Waals surface area contributed by atoms with E-state index in [0.717, 1.165) is 37.7 Å². The van der Waals surface area contributed by atoms with Gasteiger partial charge in [0.15, 0.2) is 6.61 Å². The maximum Gasteiger partial charge on any atom is 0.258 e. The molecule has 2 aliphatic carbocycles. The number of hydrogen-bond donors (Lipinski definition) is 3. The molecule has 2 fully saturated rings. The van der Waals surface area contributed by atoms with Gasteiger partial charge in [-0.25, -0.2) is 0 Å². The second kappa shape index (κ2) is 9.95. The maximum absolute atomic E-state index is 12.2. The summed E-state index contributed by atoms with van der Waals surface area (Å²) in [4.78, 5) is 23.9. The number of ether oxygens (including phenoxy) is 1. The molecule has 6 nitrogen and oxygen atoms in total. The summed E-state index contributed by atoms with van der Waals surface area (Å²) < 4.78 is 5.50. The van der Waals surface area contributed by atoms with Crippen molar-refractivity contribution < 1.29 is 14.3 Å². The summed E-state index contributed by atoms with van der Waals surface area (Å²) in [6.45, 7) is 2.00. The lowest BCUT2D eigenvalue weighted by atomic mass is 9.99. The number of carbonyl (C=O) groups is 2. The van der Waals surface area contributed by atoms with Crippen LogP contribution in [0.1, 0.15) is 57.1 Å². The minimum Gasteiger partial charge on any atom is -0.484 e. The van der Waals surface area contributed by atoms with Crippen molar-refractivity contribution in [3.8, 4) is 5.75 Å². The van der Waals surface area contributed by atoms with E-state index in [-0.39, 0.29) is 42.9 Å². The van der Waals surface area contributed by atoms with E-state index in [1.54, 1.807) is 0 Å². The molecule has 0 spiro atoms. The molecule has 3 rings (SSSR count). The fourth-order valence-corrected chi connectivity index (χ4v) is 3.44. The molecule has 2 saturated carbocycles. The van der Waals surface area contributed by atoms with Crippen molar-refractivity contribution in [2.45, 2.75) is 63.6 Å². The van der Waals surface area contributed by atoms with Crippen LogP contribution in [0.5, 0.6) is 5.75 Å². The van der Waals surface area contributed by atoms with Crippen LogP contribution in [0.25, 0.3) is 0 Å². The second-order valence-corrected chi connectivity index (χ2v) is 7.55. The van der Waals surface area contributed by atoms with Gasteiger partial charge in [0.1, 0.15) is 5.75 Å². The summed E-state index contributed by atoms with van der Waals surface area (Å²) in [5.74, 6) is 0.925. The Bertz CT molecular complexity index is 634. The van der Waals surface area contributed by atoms with Crippen molar-refractivity contribution in [2.75, 3.05) is 6.61 Å². The van der Waals surface area contributed by atoms with E-state index in [2.05, 4.69) is 10.6 Å². The second-order valence-electron chi connectivity index (χ2n) is 7.55. The topological polar surface area (TPSA) is 93.5 Å². The van der Waals surface area contributed by atoms with Crippen LogP contribution in [0.4, 0.5) is 0 Å². The van der Waals surface area contributed by atoms with Crippen molar-refractivity contribution in [3.05, 3.63) is 29.8 Å². The van der Waals surface area contributed by atoms with Gasteiger partial charge in [0, 0.05) is 18.5 Å². The van der Waals surface area contributed by atoms with E-state index >= 15 is 0 Å². The Morgan fingerprint density at radius 2 is 1.85 bits per heavy atom. The highest BCUT2D eigenvalue weighted by Crippen LogP contribution is 2.27. The Labute approximate surface area is 167 Å². The molecule has 1 unspecified atom stereocenters. The van der Waals surface area contributed by atoms with Crippen molar-refractivity contribution in [1.82, 2.24) is 10.6 Å². The average molecular weight is 396 g/mol. The zero-order valence-electron chi connectivity index (χ0n) is 15.8. The number of benzene rings is 1. The lowest BCUT2D eigenvalue weighted by Gasteiger charge is -2.18. The van der Waals surface area contributed by atoms with Crippen LogP contribution in [0.15, 0.2) is 24.3 Å². The molecular formula is C20H30ClN3O3. The van der Waals surface area contributed by atoms with Gasteiger partial charge in [0.2, 0.25) is 5.91 Å². The molecule has 1 aromatic carbocycles. The zero-order valence-corrected chi connectivity index (χ0v) is 16.6. The number of carbonyl (C=O) groups excluding carboxylic acids is 2. The number of nitrogens with two attached hydrogens (primary N) is 1. The summed E-state index contributed by atoms with van der Waals surface area (Å²) in [6, 6.07) is 7.92. The summed E-state index contributed by atoms with van der Waals surface area (Å²) in [5.41, 5.74) is 7.05. The normalized spacial score (nSPS) is 22.4. The maximum atomic E-state index is 12.2. The molecular weight excluding hydrogens is 366 g/mol. The van der Waals surface area contributed by atoms with E-state index in [1.165, 1.54) is 0 Å². The molecule has 27 heavy (non-hydrogen) atoms. The Morgan fingerprint density at radius 1 is 1.15 bits per heavy atom. The average Bonchev–Trinajstić information content (AvgIpc) is 3.34. The molecule has 2 aliphatic rings. The number of amides is 2. The van der Waals surface area contributed by atoms with Crippen LogP contribution in [-0.2, 0) is 9.59 Å². The third kappa shape index (κ3) is 6.70. The predicted molar refractivity (Wildman–Crippen MR) is 107 cm³/mol. The molecule has 0 radical (unpaired) electrons. The molecule has 3 atom stereocenters. The highest BCUT2D eigenvalue weighted by Gasteiger charge is 2.26. The van der Waals surface area contributed by atoms with Crippen LogP contribution >= 0.6 is 12.4 Å². The van der Waals surface area contributed by atoms with Gasteiger partial charge in [-0.15, -0.1) is 12.4 Å². The third-order valence-electron chi connectivity index (χ3n) is 5.24. The first-order valence-electron chi connectivity index (χ1n) is 9.58. The quantitative estimate of drug-likeness (QED) is 0.630. The van der Waals surface area contributed by atoms with Crippen LogP contribution in [0.2, 0.25) is 0 Å². The summed E-state index contributed by atoms with van der Waals surface area (Å²) >= 11 is 0. The van der Waals surface area contributed by atoms with E-state index < -0.39 is 0 Å². The fraction of sp³-hybridized carbons (Fsp3) is 0.600. The summed E-state index contributed by atoms with van der Waals surface area (Å²) in [7, 11) is 0. The lowest BCUT2D eigenvalue weighted by molar-refractivity contribution is -0.123. The Morgan fingerprint density at radius 3 is 2.44 bits per heavy atom. The van der Waals surface area contributed by atoms with Gasteiger partial charge in [-0.2, -0.15) is 0 Å². The smallest absolute Gasteiger partial charge is 0.258 e. The molecule has 0 saturated heterocycles. The standard InChI is InChI=1S/C20H29N3O3.ClH/c1-13(22-19(24)11-15-3-2-4-18(15)21)14-5-9-17(10-6-14)26-12-20(25)23-16-7-8-16;/h5-6,9-10,13,15-16,18H,2-4,7-8,11-12,21H2,1H3,(H,22,24)(H,23,25);1H/t13?,15-,18+;/m0./s1. The van der Waals surface area contributed by atoms with Crippen molar-refractivity contribution in [1.29, 1.82) is 0 Å². The molecule has 7 heteroatoms. The van der Waals surface area contributed by atoms with Crippen LogP contribution in [0, 0.1) is 5.92 Å². The number of hydrogen-bond acceptors (Lipinski definition) is 4. The first kappa shape index (κ1) is 21.5. The molecule has 2 amide bonds. The molecule has 0 bridgehead atoms. The van der Waals surface area contributed by atoms with E-state index in [0.29, 0.717) is 24.1 Å². The van der Waals surface area contributed by atoms with Crippen molar-refractivity contribution in [2.24, 2.45) is 11.7 Å². The largest absolute Gasteiger partial charge is 0.484 e. The number of nitrogens with one attached hydrogen (secondary N) is 2. The van der Waals surface area contributed by atoms with E-state index in [1.807, 2.05) is 31.2 Å². The van der Waals surface area contributed by atoms with Crippen LogP contribution in [-0.4, -0.2) is 30.5 Å². The lowest BCUT2D eigenvalue weighted by Crippen LogP contribution is -2.32. The van der Waals surface area contributed by atoms with Gasteiger partial charge in [-0.1, -0.05) is 18.6 Å². The molecule has 4 N–H and O–H groups in total. The van der Waals surface area contributed by atoms with Gasteiger partial charge < -0.3 is 21.1 Å². The van der Waals surface area contributed by atoms with Gasteiger partial charge in [-0.3, -0.25) is 9.59 Å². The minimum absolute atomic E-state index is 0. The van der Waals surface area contributed by atoms with Gasteiger partial charge >= 0.3 is 0 Å². The van der Waals surface area contributed by atoms with E-state index in [4.69, 9.17) is 10.5 Å². The summed E-state index contributed by atoms with van der Waals surface area (Å²) in [5, 5.41) is 5.93. The Hall–Kier alpha value is -1.79. The Balaban J connectivity index is 0.00000261. The number of halogens is 1. The molecule has 150 valence electrons. The molecule has 0 heterocycles. The van der Waals surface area contributed by atoms with Gasteiger partial charge in [0.05, 0.1) is 6.04 Å². The molecule has 0 aliphatic heterocycles. The first-order chi connectivity index (χ1) is 12.5. The third-order valence-corrected chi connectivity index (χ3v) is 5.24. The fourth-order valence-electron chi connectivity index (χ4n) is 3.44. The highest BCUT2D eigenvalue weighted by molar-refractivity contribution is 5.85. The van der Waals surface area contributed by atoms with Gasteiger partial charge in [-0.05, 0) is 56.2 Å². The highest BCUT2D eigenvalue weighted by atomic mass is 35.5.